The Morgan fingerprint density at radius 2 is 2.35 bits per heavy atom. The lowest BCUT2D eigenvalue weighted by atomic mass is 9.74. The number of nitrogens with zero attached hydrogens (tertiary/aromatic N) is 1. The van der Waals surface area contributed by atoms with Crippen LogP contribution in [0.25, 0.3) is 0 Å². The van der Waals surface area contributed by atoms with Gasteiger partial charge in [-0.3, -0.25) is 4.90 Å². The topological polar surface area (TPSA) is 29.5 Å². The lowest BCUT2D eigenvalue weighted by Crippen LogP contribution is -2.48. The van der Waals surface area contributed by atoms with E-state index in [0.29, 0.717) is 18.0 Å². The predicted molar refractivity (Wildman–Crippen MR) is 63.4 cm³/mol. The number of carbonyl (C=O) groups is 1. The average molecular weight is 233 g/mol. The van der Waals surface area contributed by atoms with Crippen LogP contribution in [0.15, 0.2) is 11.6 Å². The number of carbonyl (C=O) groups excluding carboxylic acids is 1. The van der Waals surface area contributed by atoms with Gasteiger partial charge in [-0.05, 0) is 37.3 Å². The maximum absolute atomic E-state index is 11.7. The van der Waals surface area contributed by atoms with E-state index in [0.717, 1.165) is 12.8 Å². The van der Waals surface area contributed by atoms with Gasteiger partial charge in [0.25, 0.3) is 0 Å². The normalized spacial score (nSPS) is 48.4. The van der Waals surface area contributed by atoms with Crippen LogP contribution in [-0.2, 0) is 9.53 Å². The first-order valence-corrected chi connectivity index (χ1v) is 6.90. The van der Waals surface area contributed by atoms with E-state index in [1.807, 2.05) is 0 Å². The van der Waals surface area contributed by atoms with E-state index in [9.17, 15) is 4.79 Å². The largest absolute Gasteiger partial charge is 0.450 e. The second kappa shape index (κ2) is 3.14. The Morgan fingerprint density at radius 3 is 3.24 bits per heavy atom. The molecule has 3 heteroatoms. The van der Waals surface area contributed by atoms with Crippen LogP contribution in [0, 0.1) is 5.92 Å². The molecule has 3 nitrogen and oxygen atoms in total. The fourth-order valence-corrected chi connectivity index (χ4v) is 4.65. The van der Waals surface area contributed by atoms with Crippen molar-refractivity contribution in [2.75, 3.05) is 6.54 Å². The van der Waals surface area contributed by atoms with Gasteiger partial charge in [0.1, 0.15) is 0 Å². The van der Waals surface area contributed by atoms with Crippen LogP contribution in [0.5, 0.6) is 0 Å². The molecule has 2 saturated heterocycles. The minimum absolute atomic E-state index is 0.0970. The number of fused-ring (bicyclic) bond motifs is 3. The summed E-state index contributed by atoms with van der Waals surface area (Å²) in [5.74, 6) is 0.576. The molecular weight excluding hydrogens is 214 g/mol. The van der Waals surface area contributed by atoms with Crippen molar-refractivity contribution in [3.63, 3.8) is 0 Å². The average Bonchev–Trinajstić information content (AvgIpc) is 2.79. The standard InChI is InChI=1S/C14H19NO2/c1-9-6-10-7-13(16)17-14(10)8-11(9)15-5-3-2-4-12(14)15/h7,9,11-12H,2-6,8H2,1H3/t9?,11-,12?,14-/m0/s1. The molecule has 3 aliphatic heterocycles. The van der Waals surface area contributed by atoms with E-state index in [1.54, 1.807) is 6.08 Å². The molecule has 1 spiro atoms. The SMILES string of the molecule is CC1CC2=CC(=O)O[C@@]23C[C@@H]1N1CCCCC13. The van der Waals surface area contributed by atoms with Crippen molar-refractivity contribution in [3.05, 3.63) is 11.6 Å². The Kier molecular flexibility index (Phi) is 1.87. The molecule has 0 aromatic rings. The summed E-state index contributed by atoms with van der Waals surface area (Å²) < 4.78 is 5.79. The first-order chi connectivity index (χ1) is 8.21. The maximum Gasteiger partial charge on any atom is 0.331 e. The zero-order chi connectivity index (χ0) is 11.6. The van der Waals surface area contributed by atoms with Gasteiger partial charge in [-0.15, -0.1) is 0 Å². The van der Waals surface area contributed by atoms with Crippen molar-refractivity contribution in [1.29, 1.82) is 0 Å². The molecule has 3 heterocycles. The van der Waals surface area contributed by atoms with Gasteiger partial charge in [-0.25, -0.2) is 4.79 Å². The fourth-order valence-electron chi connectivity index (χ4n) is 4.65. The van der Waals surface area contributed by atoms with Crippen LogP contribution < -0.4 is 0 Å². The molecule has 0 aromatic carbocycles. The Balaban J connectivity index is 1.81. The van der Waals surface area contributed by atoms with Crippen LogP contribution in [-0.4, -0.2) is 35.1 Å². The number of ether oxygens (including phenoxy) is 1. The highest BCUT2D eigenvalue weighted by molar-refractivity contribution is 5.87. The van der Waals surface area contributed by atoms with Gasteiger partial charge >= 0.3 is 5.97 Å². The highest BCUT2D eigenvalue weighted by Crippen LogP contribution is 2.55. The van der Waals surface area contributed by atoms with Crippen molar-refractivity contribution in [1.82, 2.24) is 4.90 Å². The van der Waals surface area contributed by atoms with Gasteiger partial charge in [-0.2, -0.15) is 0 Å². The van der Waals surface area contributed by atoms with Gasteiger partial charge in [-0.1, -0.05) is 13.3 Å². The lowest BCUT2D eigenvalue weighted by molar-refractivity contribution is -0.148. The zero-order valence-corrected chi connectivity index (χ0v) is 10.3. The number of hydrogen-bond donors (Lipinski definition) is 0. The number of rotatable bonds is 0. The first kappa shape index (κ1) is 10.1. The van der Waals surface area contributed by atoms with E-state index in [1.165, 1.54) is 31.4 Å². The predicted octanol–water partition coefficient (Wildman–Crippen LogP) is 1.88. The third-order valence-corrected chi connectivity index (χ3v) is 5.34. The molecule has 4 atom stereocenters. The summed E-state index contributed by atoms with van der Waals surface area (Å²) in [6, 6.07) is 1.12. The van der Waals surface area contributed by atoms with Crippen molar-refractivity contribution in [3.8, 4) is 0 Å². The molecule has 17 heavy (non-hydrogen) atoms. The molecule has 4 aliphatic rings. The Labute approximate surface area is 102 Å². The van der Waals surface area contributed by atoms with Crippen LogP contribution in [0.1, 0.15) is 39.0 Å². The van der Waals surface area contributed by atoms with Crippen LogP contribution in [0.3, 0.4) is 0 Å². The quantitative estimate of drug-likeness (QED) is 0.598. The lowest BCUT2D eigenvalue weighted by Gasteiger charge is -2.38. The fraction of sp³-hybridized carbons (Fsp3) is 0.786. The molecule has 1 saturated carbocycles. The summed E-state index contributed by atoms with van der Waals surface area (Å²) in [7, 11) is 0. The van der Waals surface area contributed by atoms with Gasteiger partial charge < -0.3 is 4.74 Å². The van der Waals surface area contributed by atoms with Gasteiger partial charge in [0.05, 0.1) is 6.04 Å². The van der Waals surface area contributed by atoms with Gasteiger partial charge in [0.15, 0.2) is 5.60 Å². The van der Waals surface area contributed by atoms with Gasteiger partial charge in [0.2, 0.25) is 0 Å². The number of piperidine rings is 1. The molecule has 0 N–H and O–H groups in total. The molecule has 0 aromatic heterocycles. The third kappa shape index (κ3) is 1.13. The highest BCUT2D eigenvalue weighted by Gasteiger charge is 2.62. The van der Waals surface area contributed by atoms with Crippen molar-refractivity contribution >= 4 is 5.97 Å². The summed E-state index contributed by atoms with van der Waals surface area (Å²) >= 11 is 0. The van der Waals surface area contributed by atoms with E-state index in [-0.39, 0.29) is 11.6 Å². The summed E-state index contributed by atoms with van der Waals surface area (Å²) in [4.78, 5) is 14.3. The first-order valence-electron chi connectivity index (χ1n) is 6.90. The van der Waals surface area contributed by atoms with E-state index in [4.69, 9.17) is 4.74 Å². The molecule has 0 amide bonds. The smallest absolute Gasteiger partial charge is 0.331 e. The van der Waals surface area contributed by atoms with E-state index in [2.05, 4.69) is 11.8 Å². The second-order valence-electron chi connectivity index (χ2n) is 6.18. The van der Waals surface area contributed by atoms with Crippen molar-refractivity contribution in [2.45, 2.75) is 56.7 Å². The summed E-state index contributed by atoms with van der Waals surface area (Å²) in [5.41, 5.74) is 1.08. The second-order valence-corrected chi connectivity index (χ2v) is 6.18. The Bertz CT molecular complexity index is 416. The highest BCUT2D eigenvalue weighted by atomic mass is 16.6. The van der Waals surface area contributed by atoms with Gasteiger partial charge in [0, 0.05) is 18.5 Å². The number of hydrogen-bond acceptors (Lipinski definition) is 3. The maximum atomic E-state index is 11.7. The molecular formula is C14H19NO2. The summed E-state index contributed by atoms with van der Waals surface area (Å²) in [6.45, 7) is 3.53. The minimum Gasteiger partial charge on any atom is -0.450 e. The third-order valence-electron chi connectivity index (χ3n) is 5.34. The molecule has 4 rings (SSSR count). The molecule has 92 valence electrons. The van der Waals surface area contributed by atoms with Crippen LogP contribution >= 0.6 is 0 Å². The molecule has 1 aliphatic carbocycles. The minimum atomic E-state index is -0.214. The van der Waals surface area contributed by atoms with E-state index < -0.39 is 0 Å². The molecule has 2 unspecified atom stereocenters. The Morgan fingerprint density at radius 1 is 1.47 bits per heavy atom. The van der Waals surface area contributed by atoms with E-state index >= 15 is 0 Å². The van der Waals surface area contributed by atoms with Crippen LogP contribution in [0.2, 0.25) is 0 Å². The monoisotopic (exact) mass is 233 g/mol. The Hall–Kier alpha value is -0.830. The van der Waals surface area contributed by atoms with Crippen molar-refractivity contribution in [2.24, 2.45) is 5.92 Å². The molecule has 3 fully saturated rings. The zero-order valence-electron chi connectivity index (χ0n) is 10.3. The number of esters is 1. The molecule has 2 bridgehead atoms. The summed E-state index contributed by atoms with van der Waals surface area (Å²) in [6.07, 6.45) is 7.69. The van der Waals surface area contributed by atoms with Crippen molar-refractivity contribution < 1.29 is 9.53 Å². The van der Waals surface area contributed by atoms with Crippen LogP contribution in [0.4, 0.5) is 0 Å². The summed E-state index contributed by atoms with van der Waals surface area (Å²) in [5, 5.41) is 0. The molecule has 0 radical (unpaired) electrons.